The van der Waals surface area contributed by atoms with E-state index in [9.17, 15) is 19.7 Å². The molecule has 0 amide bonds. The number of nitro groups is 1. The second-order valence-corrected chi connectivity index (χ2v) is 7.49. The smallest absolute Gasteiger partial charge is 0.285 e. The summed E-state index contributed by atoms with van der Waals surface area (Å²) < 4.78 is 0. The van der Waals surface area contributed by atoms with Crippen LogP contribution < -0.4 is 0 Å². The maximum atomic E-state index is 13.5. The lowest BCUT2D eigenvalue weighted by molar-refractivity contribution is -0.532. The van der Waals surface area contributed by atoms with Gasteiger partial charge in [-0.25, -0.2) is 0 Å². The van der Waals surface area contributed by atoms with Gasteiger partial charge in [-0.2, -0.15) is 0 Å². The third-order valence-corrected chi connectivity index (χ3v) is 5.52. The highest BCUT2D eigenvalue weighted by atomic mass is 16.6. The molecule has 3 aromatic carbocycles. The average molecular weight is 385 g/mol. The van der Waals surface area contributed by atoms with Crippen LogP contribution in [0.2, 0.25) is 0 Å². The van der Waals surface area contributed by atoms with E-state index < -0.39 is 27.9 Å². The monoisotopic (exact) mass is 385 g/mol. The van der Waals surface area contributed by atoms with Gasteiger partial charge in [0.1, 0.15) is 0 Å². The van der Waals surface area contributed by atoms with E-state index in [-0.39, 0.29) is 11.1 Å². The molecule has 0 unspecified atom stereocenters. The molecular weight excluding hydrogens is 366 g/mol. The van der Waals surface area contributed by atoms with E-state index in [1.54, 1.807) is 42.5 Å². The predicted molar refractivity (Wildman–Crippen MR) is 109 cm³/mol. The Morgan fingerprint density at radius 3 is 1.72 bits per heavy atom. The first kappa shape index (κ1) is 18.7. The number of hydrogen-bond acceptors (Lipinski definition) is 4. The Kier molecular flexibility index (Phi) is 4.38. The summed E-state index contributed by atoms with van der Waals surface area (Å²) in [6, 6.07) is 20.6. The number of fused-ring (bicyclic) bond motifs is 1. The van der Waals surface area contributed by atoms with Gasteiger partial charge in [0.2, 0.25) is 11.6 Å². The summed E-state index contributed by atoms with van der Waals surface area (Å²) in [6.07, 6.45) is 0. The molecule has 144 valence electrons. The summed E-state index contributed by atoms with van der Waals surface area (Å²) in [4.78, 5) is 38.8. The van der Waals surface area contributed by atoms with Crippen LogP contribution in [0.1, 0.15) is 48.9 Å². The van der Waals surface area contributed by atoms with Crippen molar-refractivity contribution in [2.45, 2.75) is 25.3 Å². The Morgan fingerprint density at radius 1 is 0.759 bits per heavy atom. The Hall–Kier alpha value is -3.60. The average Bonchev–Trinajstić information content (AvgIpc) is 2.92. The van der Waals surface area contributed by atoms with Crippen LogP contribution >= 0.6 is 0 Å². The third kappa shape index (κ3) is 2.70. The first-order valence-electron chi connectivity index (χ1n) is 9.33. The number of Topliss-reactive ketones (excluding diaryl/α,β-unsaturated/α-hetero) is 2. The van der Waals surface area contributed by atoms with Gasteiger partial charge < -0.3 is 0 Å². The second kappa shape index (κ2) is 6.78. The molecule has 0 N–H and O–H groups in total. The van der Waals surface area contributed by atoms with Crippen LogP contribution in [0.25, 0.3) is 0 Å². The molecule has 0 radical (unpaired) electrons. The van der Waals surface area contributed by atoms with Crippen molar-refractivity contribution in [3.05, 3.63) is 116 Å². The van der Waals surface area contributed by atoms with Gasteiger partial charge in [-0.05, 0) is 25.0 Å². The minimum Gasteiger partial charge on any atom is -0.285 e. The molecule has 1 atom stereocenters. The molecule has 0 aliphatic heterocycles. The molecule has 0 aromatic heterocycles. The van der Waals surface area contributed by atoms with Crippen LogP contribution in [-0.2, 0) is 0 Å². The summed E-state index contributed by atoms with van der Waals surface area (Å²) in [6.45, 7) is 3.79. The lowest BCUT2D eigenvalue weighted by Gasteiger charge is -2.28. The normalized spacial score (nSPS) is 15.8. The first-order chi connectivity index (χ1) is 13.9. The molecular formula is C24H19NO4. The van der Waals surface area contributed by atoms with Crippen molar-refractivity contribution in [3.63, 3.8) is 0 Å². The molecule has 1 aliphatic carbocycles. The number of rotatable bonds is 4. The molecule has 5 heteroatoms. The lowest BCUT2D eigenvalue weighted by atomic mass is 9.72. The summed E-state index contributed by atoms with van der Waals surface area (Å²) in [5.74, 6) is -2.54. The molecule has 4 rings (SSSR count). The Labute approximate surface area is 168 Å². The molecule has 0 spiro atoms. The Morgan fingerprint density at radius 2 is 1.24 bits per heavy atom. The zero-order valence-corrected chi connectivity index (χ0v) is 16.1. The van der Waals surface area contributed by atoms with Gasteiger partial charge in [0.15, 0.2) is 0 Å². The highest BCUT2D eigenvalue weighted by Gasteiger charge is 2.69. The van der Waals surface area contributed by atoms with Crippen molar-refractivity contribution in [1.29, 1.82) is 0 Å². The van der Waals surface area contributed by atoms with Gasteiger partial charge in [0.25, 0.3) is 0 Å². The van der Waals surface area contributed by atoms with Crippen molar-refractivity contribution < 1.29 is 14.5 Å². The largest absolute Gasteiger partial charge is 0.355 e. The van der Waals surface area contributed by atoms with Crippen molar-refractivity contribution in [3.8, 4) is 0 Å². The van der Waals surface area contributed by atoms with Crippen molar-refractivity contribution >= 4 is 11.6 Å². The quantitative estimate of drug-likeness (QED) is 0.376. The van der Waals surface area contributed by atoms with E-state index in [1.165, 1.54) is 12.1 Å². The fraction of sp³-hybridized carbons (Fsp3) is 0.167. The molecule has 0 saturated carbocycles. The zero-order chi connectivity index (χ0) is 20.8. The molecule has 0 saturated heterocycles. The molecule has 3 aromatic rings. The minimum atomic E-state index is -2.43. The van der Waals surface area contributed by atoms with Gasteiger partial charge in [-0.15, -0.1) is 0 Å². The van der Waals surface area contributed by atoms with Gasteiger partial charge in [-0.3, -0.25) is 19.7 Å². The lowest BCUT2D eigenvalue weighted by Crippen LogP contribution is -2.54. The van der Waals surface area contributed by atoms with E-state index in [4.69, 9.17) is 0 Å². The molecule has 0 fully saturated rings. The van der Waals surface area contributed by atoms with E-state index in [0.717, 1.165) is 11.1 Å². The number of carbonyl (C=O) groups is 2. The highest BCUT2D eigenvalue weighted by molar-refractivity contribution is 6.32. The van der Waals surface area contributed by atoms with Crippen LogP contribution in [0.15, 0.2) is 72.8 Å². The van der Waals surface area contributed by atoms with Gasteiger partial charge in [0, 0.05) is 16.1 Å². The molecule has 29 heavy (non-hydrogen) atoms. The second-order valence-electron chi connectivity index (χ2n) is 7.49. The van der Waals surface area contributed by atoms with Crippen LogP contribution in [0, 0.1) is 24.0 Å². The maximum Gasteiger partial charge on any atom is 0.355 e. The van der Waals surface area contributed by atoms with Crippen LogP contribution in [0.4, 0.5) is 0 Å². The zero-order valence-electron chi connectivity index (χ0n) is 16.1. The molecule has 0 bridgehead atoms. The van der Waals surface area contributed by atoms with E-state index >= 15 is 0 Å². The number of hydrogen-bond donors (Lipinski definition) is 0. The standard InChI is InChI=1S/C24H19NO4/c1-15-12-16(2)14-18(13-15)21(17-8-4-3-5-9-17)24(25(28)29)22(26)19-10-6-7-11-20(19)23(24)27/h3-14,21H,1-2H3/t21-/m0/s1. The Balaban J connectivity index is 2.07. The van der Waals surface area contributed by atoms with Crippen molar-refractivity contribution in [2.75, 3.05) is 0 Å². The van der Waals surface area contributed by atoms with Gasteiger partial charge >= 0.3 is 5.54 Å². The predicted octanol–water partition coefficient (Wildman–Crippen LogP) is 4.53. The summed E-state index contributed by atoms with van der Waals surface area (Å²) in [5, 5.41) is 12.5. The number of ketones is 2. The maximum absolute atomic E-state index is 13.5. The summed E-state index contributed by atoms with van der Waals surface area (Å²) >= 11 is 0. The third-order valence-electron chi connectivity index (χ3n) is 5.52. The fourth-order valence-electron chi connectivity index (χ4n) is 4.42. The van der Waals surface area contributed by atoms with Crippen molar-refractivity contribution in [1.82, 2.24) is 0 Å². The van der Waals surface area contributed by atoms with Crippen LogP contribution in [0.5, 0.6) is 0 Å². The van der Waals surface area contributed by atoms with E-state index in [1.807, 2.05) is 32.0 Å². The molecule has 0 heterocycles. The first-order valence-corrected chi connectivity index (χ1v) is 9.33. The number of nitrogens with zero attached hydrogens (tertiary/aromatic N) is 1. The fourth-order valence-corrected chi connectivity index (χ4v) is 4.42. The van der Waals surface area contributed by atoms with E-state index in [2.05, 4.69) is 0 Å². The minimum absolute atomic E-state index is 0.111. The topological polar surface area (TPSA) is 77.3 Å². The van der Waals surface area contributed by atoms with E-state index in [0.29, 0.717) is 11.1 Å². The number of benzene rings is 3. The molecule has 5 nitrogen and oxygen atoms in total. The number of carbonyl (C=O) groups excluding carboxylic acids is 2. The summed E-state index contributed by atoms with van der Waals surface area (Å²) in [5.41, 5.74) is 0.762. The van der Waals surface area contributed by atoms with Crippen molar-refractivity contribution in [2.24, 2.45) is 0 Å². The Bertz CT molecular complexity index is 1100. The van der Waals surface area contributed by atoms with Crippen LogP contribution in [-0.4, -0.2) is 22.0 Å². The van der Waals surface area contributed by atoms with Gasteiger partial charge in [-0.1, -0.05) is 83.9 Å². The van der Waals surface area contributed by atoms with Crippen LogP contribution in [0.3, 0.4) is 0 Å². The SMILES string of the molecule is Cc1cc(C)cc([C@H](c2ccccc2)C2([N+](=O)[O-])C(=O)c3ccccc3C2=O)c1. The van der Waals surface area contributed by atoms with Gasteiger partial charge in [0.05, 0.1) is 5.92 Å². The highest BCUT2D eigenvalue weighted by Crippen LogP contribution is 2.46. The summed E-state index contributed by atoms with van der Waals surface area (Å²) in [7, 11) is 0. The molecule has 1 aliphatic rings. The number of aryl methyl sites for hydroxylation is 2.